The third kappa shape index (κ3) is 3.47. The van der Waals surface area contributed by atoms with E-state index in [4.69, 9.17) is 11.6 Å². The molecule has 1 N–H and O–H groups in total. The molecule has 0 aliphatic carbocycles. The van der Waals surface area contributed by atoms with Crippen LogP contribution in [0.4, 0.5) is 4.39 Å². The molecule has 84 valence electrons. The fourth-order valence-electron chi connectivity index (χ4n) is 1.22. The summed E-state index contributed by atoms with van der Waals surface area (Å²) in [7, 11) is 0. The van der Waals surface area contributed by atoms with E-state index in [1.807, 2.05) is 13.0 Å². The molecule has 0 aliphatic heterocycles. The van der Waals surface area contributed by atoms with Crippen molar-refractivity contribution in [3.05, 3.63) is 35.6 Å². The topological polar surface area (TPSA) is 12.0 Å². The Morgan fingerprint density at radius 2 is 2.07 bits per heavy atom. The average molecular weight is 230 g/mol. The lowest BCUT2D eigenvalue weighted by molar-refractivity contribution is 0.376. The summed E-state index contributed by atoms with van der Waals surface area (Å²) < 4.78 is 13.3. The number of alkyl halides is 1. The smallest absolute Gasteiger partial charge is 0.127 e. The maximum atomic E-state index is 13.3. The second-order valence-corrected chi connectivity index (χ2v) is 4.26. The summed E-state index contributed by atoms with van der Waals surface area (Å²) in [5.74, 6) is 0.357. The molecule has 1 rings (SSSR count). The highest BCUT2D eigenvalue weighted by Gasteiger charge is 2.19. The first kappa shape index (κ1) is 12.5. The van der Waals surface area contributed by atoms with E-state index in [1.165, 1.54) is 6.07 Å². The SMILES string of the molecule is CCC(C)(CCl)NCc1ccccc1F. The number of nitrogens with one attached hydrogen (secondary N) is 1. The van der Waals surface area contributed by atoms with Crippen LogP contribution >= 0.6 is 11.6 Å². The van der Waals surface area contributed by atoms with Crippen molar-refractivity contribution in [1.82, 2.24) is 5.32 Å². The van der Waals surface area contributed by atoms with Crippen molar-refractivity contribution in [2.24, 2.45) is 0 Å². The van der Waals surface area contributed by atoms with Crippen LogP contribution in [0.5, 0.6) is 0 Å². The van der Waals surface area contributed by atoms with Crippen molar-refractivity contribution >= 4 is 11.6 Å². The highest BCUT2D eigenvalue weighted by molar-refractivity contribution is 6.18. The van der Waals surface area contributed by atoms with Gasteiger partial charge in [-0.15, -0.1) is 11.6 Å². The second-order valence-electron chi connectivity index (χ2n) is 3.99. The van der Waals surface area contributed by atoms with Gasteiger partial charge in [-0.05, 0) is 19.4 Å². The standard InChI is InChI=1S/C12H17ClFN/c1-3-12(2,9-13)15-8-10-6-4-5-7-11(10)14/h4-7,15H,3,8-9H2,1-2H3. The Morgan fingerprint density at radius 3 is 2.60 bits per heavy atom. The number of rotatable bonds is 5. The maximum Gasteiger partial charge on any atom is 0.127 e. The minimum atomic E-state index is -0.168. The molecule has 1 aromatic carbocycles. The van der Waals surface area contributed by atoms with Crippen LogP contribution in [0.15, 0.2) is 24.3 Å². The van der Waals surface area contributed by atoms with E-state index in [0.717, 1.165) is 6.42 Å². The molecule has 0 bridgehead atoms. The van der Waals surface area contributed by atoms with Gasteiger partial charge in [-0.1, -0.05) is 25.1 Å². The molecule has 0 saturated heterocycles. The Kier molecular flexibility index (Phi) is 4.55. The van der Waals surface area contributed by atoms with E-state index >= 15 is 0 Å². The van der Waals surface area contributed by atoms with E-state index in [0.29, 0.717) is 18.0 Å². The van der Waals surface area contributed by atoms with E-state index in [-0.39, 0.29) is 11.4 Å². The maximum absolute atomic E-state index is 13.3. The van der Waals surface area contributed by atoms with Crippen LogP contribution in [0, 0.1) is 5.82 Å². The molecule has 3 heteroatoms. The van der Waals surface area contributed by atoms with Crippen LogP contribution in [0.25, 0.3) is 0 Å². The third-order valence-corrected chi connectivity index (χ3v) is 3.33. The quantitative estimate of drug-likeness (QED) is 0.764. The van der Waals surface area contributed by atoms with Crippen LogP contribution < -0.4 is 5.32 Å². The van der Waals surface area contributed by atoms with Gasteiger partial charge in [-0.25, -0.2) is 4.39 Å². The number of benzene rings is 1. The van der Waals surface area contributed by atoms with Gasteiger partial charge in [0.2, 0.25) is 0 Å². The fraction of sp³-hybridized carbons (Fsp3) is 0.500. The zero-order chi connectivity index (χ0) is 11.3. The minimum Gasteiger partial charge on any atom is -0.306 e. The van der Waals surface area contributed by atoms with Crippen molar-refractivity contribution in [2.45, 2.75) is 32.4 Å². The molecule has 0 aromatic heterocycles. The Hall–Kier alpha value is -0.600. The highest BCUT2D eigenvalue weighted by Crippen LogP contribution is 2.13. The Bertz CT molecular complexity index is 310. The molecule has 0 radical (unpaired) electrons. The summed E-state index contributed by atoms with van der Waals surface area (Å²) in [6, 6.07) is 6.79. The highest BCUT2D eigenvalue weighted by atomic mass is 35.5. The zero-order valence-electron chi connectivity index (χ0n) is 9.19. The molecular formula is C12H17ClFN. The first-order valence-electron chi connectivity index (χ1n) is 5.15. The predicted octanol–water partition coefficient (Wildman–Crippen LogP) is 3.32. The summed E-state index contributed by atoms with van der Waals surface area (Å²) in [6.07, 6.45) is 0.922. The van der Waals surface area contributed by atoms with Crippen molar-refractivity contribution in [3.8, 4) is 0 Å². The monoisotopic (exact) mass is 229 g/mol. The van der Waals surface area contributed by atoms with Crippen molar-refractivity contribution < 1.29 is 4.39 Å². The van der Waals surface area contributed by atoms with E-state index in [1.54, 1.807) is 12.1 Å². The molecular weight excluding hydrogens is 213 g/mol. The zero-order valence-corrected chi connectivity index (χ0v) is 9.94. The largest absolute Gasteiger partial charge is 0.306 e. The summed E-state index contributed by atoms with van der Waals surface area (Å²) in [4.78, 5) is 0. The molecule has 0 fully saturated rings. The van der Waals surface area contributed by atoms with Gasteiger partial charge in [0.1, 0.15) is 5.82 Å². The van der Waals surface area contributed by atoms with Gasteiger partial charge in [0.15, 0.2) is 0 Å². The van der Waals surface area contributed by atoms with Crippen molar-refractivity contribution in [2.75, 3.05) is 5.88 Å². The molecule has 0 heterocycles. The van der Waals surface area contributed by atoms with Crippen LogP contribution in [0.2, 0.25) is 0 Å². The van der Waals surface area contributed by atoms with Crippen LogP contribution in [-0.2, 0) is 6.54 Å². The predicted molar refractivity (Wildman–Crippen MR) is 62.7 cm³/mol. The molecule has 1 unspecified atom stereocenters. The molecule has 15 heavy (non-hydrogen) atoms. The van der Waals surface area contributed by atoms with Gasteiger partial charge < -0.3 is 5.32 Å². The van der Waals surface area contributed by atoms with Gasteiger partial charge >= 0.3 is 0 Å². The molecule has 1 aromatic rings. The second kappa shape index (κ2) is 5.47. The summed E-state index contributed by atoms with van der Waals surface area (Å²) in [5, 5.41) is 3.28. The van der Waals surface area contributed by atoms with Gasteiger partial charge in [0.25, 0.3) is 0 Å². The van der Waals surface area contributed by atoms with E-state index < -0.39 is 0 Å². The lowest BCUT2D eigenvalue weighted by Gasteiger charge is -2.27. The minimum absolute atomic E-state index is 0.121. The lowest BCUT2D eigenvalue weighted by Crippen LogP contribution is -2.43. The van der Waals surface area contributed by atoms with Crippen molar-refractivity contribution in [1.29, 1.82) is 0 Å². The Morgan fingerprint density at radius 1 is 1.40 bits per heavy atom. The fourth-order valence-corrected chi connectivity index (χ4v) is 1.50. The van der Waals surface area contributed by atoms with Gasteiger partial charge in [0.05, 0.1) is 0 Å². The van der Waals surface area contributed by atoms with Gasteiger partial charge in [0, 0.05) is 23.5 Å². The molecule has 1 nitrogen and oxygen atoms in total. The summed E-state index contributed by atoms with van der Waals surface area (Å²) >= 11 is 5.86. The first-order chi connectivity index (χ1) is 7.11. The van der Waals surface area contributed by atoms with Gasteiger partial charge in [-0.2, -0.15) is 0 Å². The Labute approximate surface area is 95.6 Å². The summed E-state index contributed by atoms with van der Waals surface area (Å²) in [6.45, 7) is 4.63. The lowest BCUT2D eigenvalue weighted by atomic mass is 10.0. The average Bonchev–Trinajstić information content (AvgIpc) is 2.28. The first-order valence-corrected chi connectivity index (χ1v) is 5.69. The molecule has 1 atom stereocenters. The van der Waals surface area contributed by atoms with Crippen LogP contribution in [0.3, 0.4) is 0 Å². The van der Waals surface area contributed by atoms with E-state index in [9.17, 15) is 4.39 Å². The third-order valence-electron chi connectivity index (χ3n) is 2.74. The molecule has 0 saturated carbocycles. The molecule has 0 amide bonds. The van der Waals surface area contributed by atoms with Crippen LogP contribution in [0.1, 0.15) is 25.8 Å². The normalized spacial score (nSPS) is 14.9. The van der Waals surface area contributed by atoms with Crippen LogP contribution in [-0.4, -0.2) is 11.4 Å². The van der Waals surface area contributed by atoms with E-state index in [2.05, 4.69) is 12.2 Å². The van der Waals surface area contributed by atoms with Gasteiger partial charge in [-0.3, -0.25) is 0 Å². The number of hydrogen-bond acceptors (Lipinski definition) is 1. The molecule has 0 aliphatic rings. The molecule has 0 spiro atoms. The number of halogens is 2. The van der Waals surface area contributed by atoms with Crippen molar-refractivity contribution in [3.63, 3.8) is 0 Å². The summed E-state index contributed by atoms with van der Waals surface area (Å²) in [5.41, 5.74) is 0.561. The Balaban J connectivity index is 2.61. The number of hydrogen-bond donors (Lipinski definition) is 1.